The Kier molecular flexibility index (Phi) is 20.6. The van der Waals surface area contributed by atoms with E-state index < -0.39 is 7.82 Å². The minimum atomic E-state index is -4.75. The summed E-state index contributed by atoms with van der Waals surface area (Å²) in [4.78, 5) is 19.4. The summed E-state index contributed by atoms with van der Waals surface area (Å²) in [5, 5.41) is 0. The summed E-state index contributed by atoms with van der Waals surface area (Å²) >= 11 is 0. The molecule has 0 heterocycles. The first-order chi connectivity index (χ1) is 4.06. The third-order valence-corrected chi connectivity index (χ3v) is 1.10. The van der Waals surface area contributed by atoms with E-state index in [1.54, 1.807) is 0 Å². The van der Waals surface area contributed by atoms with E-state index in [4.69, 9.17) is 5.73 Å². The zero-order valence-corrected chi connectivity index (χ0v) is 13.9. The topological polar surface area (TPSA) is 98.4 Å². The van der Waals surface area contributed by atoms with Crippen LogP contribution in [0.3, 0.4) is 0 Å². The fourth-order valence-electron chi connectivity index (χ4n) is 0.260. The van der Waals surface area contributed by atoms with Gasteiger partial charge in [-0.15, -0.1) is 0 Å². The fourth-order valence-corrected chi connectivity index (χ4v) is 0.612. The number of rotatable bonds is 4. The van der Waals surface area contributed by atoms with Gasteiger partial charge in [0.25, 0.3) is 0 Å². The number of phosphoric acid groups is 1. The van der Waals surface area contributed by atoms with E-state index >= 15 is 0 Å². The van der Waals surface area contributed by atoms with Crippen molar-refractivity contribution in [3.63, 3.8) is 0 Å². The van der Waals surface area contributed by atoms with Crippen LogP contribution in [0.1, 0.15) is 6.42 Å². The molecule has 0 aliphatic heterocycles. The second-order valence-corrected chi connectivity index (χ2v) is 2.58. The SMILES string of the molecule is NCCCOP(=O)([O-])[O-].[K+].[K+]. The van der Waals surface area contributed by atoms with Gasteiger partial charge in [-0.1, -0.05) is 0 Å². The average molecular weight is 231 g/mol. The zero-order valence-electron chi connectivity index (χ0n) is 6.78. The maximum absolute atomic E-state index is 9.72. The molecule has 56 valence electrons. The third-order valence-electron chi connectivity index (χ3n) is 0.598. The summed E-state index contributed by atoms with van der Waals surface area (Å²) in [6.07, 6.45) is 0.383. The van der Waals surface area contributed by atoms with Gasteiger partial charge in [0, 0.05) is 0 Å². The predicted molar refractivity (Wildman–Crippen MR) is 27.2 cm³/mol. The molecule has 0 atom stereocenters. The van der Waals surface area contributed by atoms with Gasteiger partial charge < -0.3 is 24.6 Å². The zero-order chi connectivity index (χ0) is 7.33. The number of nitrogens with two attached hydrogens (primary N) is 1. The molecule has 0 fully saturated rings. The summed E-state index contributed by atoms with van der Waals surface area (Å²) in [7, 11) is -4.75. The largest absolute Gasteiger partial charge is 1.00 e. The quantitative estimate of drug-likeness (QED) is 0.294. The van der Waals surface area contributed by atoms with Crippen LogP contribution in [0.4, 0.5) is 0 Å². The maximum atomic E-state index is 9.72. The Balaban J connectivity index is -0.000000320. The van der Waals surface area contributed by atoms with Gasteiger partial charge in [0.05, 0.1) is 14.4 Å². The Morgan fingerprint density at radius 3 is 2.09 bits per heavy atom. The van der Waals surface area contributed by atoms with Crippen LogP contribution in [0.25, 0.3) is 0 Å². The molecule has 0 bridgehead atoms. The van der Waals surface area contributed by atoms with Crippen molar-refractivity contribution in [2.75, 3.05) is 13.2 Å². The number of phosphoric ester groups is 1. The fraction of sp³-hybridized carbons (Fsp3) is 1.00. The Bertz CT molecular complexity index is 118. The Morgan fingerprint density at radius 2 is 1.82 bits per heavy atom. The van der Waals surface area contributed by atoms with Gasteiger partial charge in [-0.3, -0.25) is 0 Å². The molecule has 0 aromatic rings. The molecular formula is C3H8K2NO4P. The summed E-state index contributed by atoms with van der Waals surface area (Å²) in [5.41, 5.74) is 4.98. The monoisotopic (exact) mass is 231 g/mol. The van der Waals surface area contributed by atoms with Crippen molar-refractivity contribution < 1.29 is 122 Å². The van der Waals surface area contributed by atoms with E-state index in [1.807, 2.05) is 0 Å². The van der Waals surface area contributed by atoms with Crippen LogP contribution in [0.2, 0.25) is 0 Å². The van der Waals surface area contributed by atoms with Crippen molar-refractivity contribution in [2.45, 2.75) is 6.42 Å². The van der Waals surface area contributed by atoms with Crippen LogP contribution >= 0.6 is 7.82 Å². The first kappa shape index (κ1) is 19.8. The van der Waals surface area contributed by atoms with Crippen molar-refractivity contribution in [1.29, 1.82) is 0 Å². The molecule has 0 saturated heterocycles. The van der Waals surface area contributed by atoms with Crippen LogP contribution in [0, 0.1) is 0 Å². The van der Waals surface area contributed by atoms with E-state index in [2.05, 4.69) is 4.52 Å². The van der Waals surface area contributed by atoms with Gasteiger partial charge >= 0.3 is 103 Å². The predicted octanol–water partition coefficient (Wildman–Crippen LogP) is -7.81. The second-order valence-electron chi connectivity index (χ2n) is 1.42. The summed E-state index contributed by atoms with van der Waals surface area (Å²) in [5.74, 6) is 0. The molecule has 0 aromatic carbocycles. The first-order valence-electron chi connectivity index (χ1n) is 2.43. The van der Waals surface area contributed by atoms with Gasteiger partial charge in [-0.25, -0.2) is 0 Å². The van der Waals surface area contributed by atoms with Crippen molar-refractivity contribution in [1.82, 2.24) is 0 Å². The van der Waals surface area contributed by atoms with E-state index in [-0.39, 0.29) is 109 Å². The molecular weight excluding hydrogens is 223 g/mol. The van der Waals surface area contributed by atoms with Gasteiger partial charge in [-0.2, -0.15) is 0 Å². The molecule has 0 aliphatic carbocycles. The molecule has 11 heavy (non-hydrogen) atoms. The van der Waals surface area contributed by atoms with E-state index in [1.165, 1.54) is 0 Å². The summed E-state index contributed by atoms with van der Waals surface area (Å²) in [6, 6.07) is 0. The molecule has 0 saturated carbocycles. The Labute approximate surface area is 151 Å². The normalized spacial score (nSPS) is 9.73. The minimum absolute atomic E-state index is 0. The van der Waals surface area contributed by atoms with Crippen LogP contribution in [-0.2, 0) is 9.09 Å². The van der Waals surface area contributed by atoms with Crippen LogP contribution in [-0.4, -0.2) is 13.2 Å². The molecule has 0 spiro atoms. The van der Waals surface area contributed by atoms with E-state index in [9.17, 15) is 14.4 Å². The van der Waals surface area contributed by atoms with Gasteiger partial charge in [0.2, 0.25) is 0 Å². The van der Waals surface area contributed by atoms with Crippen LogP contribution < -0.4 is 118 Å². The van der Waals surface area contributed by atoms with Crippen molar-refractivity contribution in [3.8, 4) is 0 Å². The van der Waals surface area contributed by atoms with Crippen LogP contribution in [0.15, 0.2) is 0 Å². The van der Waals surface area contributed by atoms with Gasteiger partial charge in [0.15, 0.2) is 0 Å². The molecule has 0 unspecified atom stereocenters. The maximum Gasteiger partial charge on any atom is 1.00 e. The Hall–Kier alpha value is 3.34. The molecule has 0 radical (unpaired) electrons. The second kappa shape index (κ2) is 11.4. The molecule has 0 rings (SSSR count). The molecule has 5 nitrogen and oxygen atoms in total. The van der Waals surface area contributed by atoms with E-state index in [0.717, 1.165) is 0 Å². The minimum Gasteiger partial charge on any atom is -0.790 e. The van der Waals surface area contributed by atoms with Crippen LogP contribution in [0.5, 0.6) is 0 Å². The van der Waals surface area contributed by atoms with Gasteiger partial charge in [0.1, 0.15) is 0 Å². The van der Waals surface area contributed by atoms with Crippen molar-refractivity contribution in [3.05, 3.63) is 0 Å². The van der Waals surface area contributed by atoms with Crippen molar-refractivity contribution in [2.24, 2.45) is 5.73 Å². The van der Waals surface area contributed by atoms with E-state index in [0.29, 0.717) is 13.0 Å². The average Bonchev–Trinajstić information content (AvgIpc) is 1.63. The van der Waals surface area contributed by atoms with Crippen molar-refractivity contribution >= 4 is 7.82 Å². The smallest absolute Gasteiger partial charge is 0.790 e. The molecule has 8 heteroatoms. The summed E-state index contributed by atoms with van der Waals surface area (Å²) in [6.45, 7) is 0.209. The summed E-state index contributed by atoms with van der Waals surface area (Å²) < 4.78 is 13.5. The number of hydrogen-bond acceptors (Lipinski definition) is 5. The number of hydrogen-bond donors (Lipinski definition) is 1. The molecule has 0 aromatic heterocycles. The third kappa shape index (κ3) is 19.7. The standard InChI is InChI=1S/C3H10NO4P.2K/c4-2-1-3-8-9(5,6)7;;/h1-4H2,(H2,5,6,7);;/q;2*+1/p-2. The van der Waals surface area contributed by atoms with Gasteiger partial charge in [-0.05, 0) is 13.0 Å². The first-order valence-corrected chi connectivity index (χ1v) is 3.89. The molecule has 0 aliphatic rings. The molecule has 2 N–H and O–H groups in total. The Morgan fingerprint density at radius 1 is 1.36 bits per heavy atom. The molecule has 0 amide bonds.